The molecule has 0 spiro atoms. The highest BCUT2D eigenvalue weighted by Crippen LogP contribution is 2.30. The van der Waals surface area contributed by atoms with Crippen LogP contribution in [-0.4, -0.2) is 95.3 Å². The van der Waals surface area contributed by atoms with Crippen molar-refractivity contribution in [3.63, 3.8) is 0 Å². The molecule has 4 amide bonds. The van der Waals surface area contributed by atoms with Crippen molar-refractivity contribution in [1.29, 1.82) is 0 Å². The predicted octanol–water partition coefficient (Wildman–Crippen LogP) is 4.05. The number of rotatable bonds is 18. The summed E-state index contributed by atoms with van der Waals surface area (Å²) in [5, 5.41) is 34.2. The smallest absolute Gasteiger partial charge is 0.318 e. The summed E-state index contributed by atoms with van der Waals surface area (Å²) >= 11 is 1.24. The summed E-state index contributed by atoms with van der Waals surface area (Å²) in [6.45, 7) is 5.21. The van der Waals surface area contributed by atoms with Gasteiger partial charge < -0.3 is 31.2 Å². The Hall–Kier alpha value is -4.38. The van der Waals surface area contributed by atoms with Crippen molar-refractivity contribution in [3.8, 4) is 0 Å². The molecule has 4 atom stereocenters. The lowest BCUT2D eigenvalue weighted by Gasteiger charge is -2.35. The number of aromatic nitrogens is 1. The molecule has 1 aliphatic rings. The molecular weight excluding hydrogens is 707 g/mol. The highest BCUT2D eigenvalue weighted by molar-refractivity contribution is 7.89. The maximum Gasteiger partial charge on any atom is 0.318 e. The molecule has 52 heavy (non-hydrogen) atoms. The third-order valence-electron chi connectivity index (χ3n) is 9.25. The summed E-state index contributed by atoms with van der Waals surface area (Å²) in [6, 6.07) is 12.8. The molecule has 5 N–H and O–H groups in total. The van der Waals surface area contributed by atoms with Crippen molar-refractivity contribution in [3.05, 3.63) is 76.8 Å². The number of hydrogen-bond donors (Lipinski definition) is 5. The van der Waals surface area contributed by atoms with Crippen LogP contribution in [0, 0.1) is 11.8 Å². The van der Waals surface area contributed by atoms with Crippen LogP contribution >= 0.6 is 11.3 Å². The predicted molar refractivity (Wildman–Crippen MR) is 200 cm³/mol. The maximum atomic E-state index is 14.0. The van der Waals surface area contributed by atoms with Crippen LogP contribution in [0.2, 0.25) is 0 Å². The zero-order valence-electron chi connectivity index (χ0n) is 29.9. The van der Waals surface area contributed by atoms with E-state index in [1.807, 2.05) is 44.2 Å². The average molecular weight is 756 g/mol. The number of nitrogens with zero attached hydrogens (tertiary/aromatic N) is 4. The van der Waals surface area contributed by atoms with Crippen molar-refractivity contribution in [1.82, 2.24) is 24.8 Å². The van der Waals surface area contributed by atoms with Crippen LogP contribution in [0.5, 0.6) is 0 Å². The lowest BCUT2D eigenvalue weighted by atomic mass is 9.85. The van der Waals surface area contributed by atoms with Crippen LogP contribution in [0.1, 0.15) is 63.3 Å². The van der Waals surface area contributed by atoms with E-state index in [1.165, 1.54) is 57.9 Å². The van der Waals surface area contributed by atoms with Crippen molar-refractivity contribution < 1.29 is 33.1 Å². The van der Waals surface area contributed by atoms with Gasteiger partial charge in [0.2, 0.25) is 21.8 Å². The molecule has 0 unspecified atom stereocenters. The quantitative estimate of drug-likeness (QED) is 0.0729. The Morgan fingerprint density at radius 3 is 2.38 bits per heavy atom. The Labute approximate surface area is 309 Å². The van der Waals surface area contributed by atoms with Crippen LogP contribution in [0.15, 0.2) is 70.0 Å². The number of carbonyl (C=O) groups excluding carboxylic acids is 3. The monoisotopic (exact) mass is 755 g/mol. The Bertz CT molecular complexity index is 1770. The molecule has 1 aliphatic carbocycles. The van der Waals surface area contributed by atoms with Gasteiger partial charge in [0.25, 0.3) is 0 Å². The van der Waals surface area contributed by atoms with Gasteiger partial charge in [0.1, 0.15) is 6.04 Å². The molecule has 282 valence electrons. The fourth-order valence-electron chi connectivity index (χ4n) is 5.78. The summed E-state index contributed by atoms with van der Waals surface area (Å²) in [7, 11) is -2.48. The lowest BCUT2D eigenvalue weighted by Crippen LogP contribution is -2.58. The number of carbonyl (C=O) groups is 3. The molecule has 3 aromatic rings. The minimum Gasteiger partial charge on any atom is -0.411 e. The molecule has 4 rings (SSSR count). The topological polar surface area (TPSA) is 194 Å². The molecule has 0 saturated heterocycles. The fraction of sp³-hybridized carbons (Fsp3) is 0.472. The third kappa shape index (κ3) is 11.3. The van der Waals surface area contributed by atoms with E-state index in [9.17, 15) is 27.9 Å². The van der Waals surface area contributed by atoms with Crippen LogP contribution in [0.3, 0.4) is 0 Å². The Balaban J connectivity index is 1.54. The molecule has 1 heterocycles. The number of oxime groups is 1. The van der Waals surface area contributed by atoms with E-state index in [1.54, 1.807) is 12.4 Å². The zero-order chi connectivity index (χ0) is 37.8. The molecule has 1 fully saturated rings. The Morgan fingerprint density at radius 1 is 1.10 bits per heavy atom. The number of aliphatic hydroxyl groups excluding tert-OH is 1. The number of thiazole rings is 1. The van der Waals surface area contributed by atoms with Crippen molar-refractivity contribution in [2.24, 2.45) is 17.0 Å². The van der Waals surface area contributed by atoms with Gasteiger partial charge >= 0.3 is 6.03 Å². The zero-order valence-corrected chi connectivity index (χ0v) is 31.6. The molecule has 0 aliphatic heterocycles. The van der Waals surface area contributed by atoms with Gasteiger partial charge in [0.05, 0.1) is 35.5 Å². The Morgan fingerprint density at radius 2 is 1.79 bits per heavy atom. The number of hydrogen-bond acceptors (Lipinski definition) is 10. The number of benzene rings is 2. The molecule has 1 aromatic heterocycles. The van der Waals surface area contributed by atoms with E-state index in [0.717, 1.165) is 24.8 Å². The number of nitrogens with one attached hydrogen (secondary N) is 3. The summed E-state index contributed by atoms with van der Waals surface area (Å²) in [5.41, 5.74) is 1.91. The molecule has 0 radical (unpaired) electrons. The van der Waals surface area contributed by atoms with E-state index in [0.29, 0.717) is 22.8 Å². The highest BCUT2D eigenvalue weighted by Gasteiger charge is 2.35. The average Bonchev–Trinajstić information content (AvgIpc) is 3.53. The van der Waals surface area contributed by atoms with Gasteiger partial charge in [-0.3, -0.25) is 9.59 Å². The van der Waals surface area contributed by atoms with Crippen molar-refractivity contribution >= 4 is 50.6 Å². The van der Waals surface area contributed by atoms with Gasteiger partial charge in [-0.15, -0.1) is 11.3 Å². The first-order valence-corrected chi connectivity index (χ1v) is 19.7. The molecule has 14 nitrogen and oxygen atoms in total. The highest BCUT2D eigenvalue weighted by atomic mass is 32.2. The number of aliphatic hydroxyl groups is 1. The fourth-order valence-corrected chi connectivity index (χ4v) is 8.06. The van der Waals surface area contributed by atoms with Crippen LogP contribution in [0.25, 0.3) is 0 Å². The molecule has 2 aromatic carbocycles. The maximum absolute atomic E-state index is 14.0. The number of urea groups is 1. The summed E-state index contributed by atoms with van der Waals surface area (Å²) < 4.78 is 29.3. The summed E-state index contributed by atoms with van der Waals surface area (Å²) in [6.07, 6.45) is 3.42. The number of amides is 4. The van der Waals surface area contributed by atoms with Gasteiger partial charge in [-0.1, -0.05) is 74.3 Å². The van der Waals surface area contributed by atoms with Crippen LogP contribution < -0.4 is 16.0 Å². The first-order valence-electron chi connectivity index (χ1n) is 17.3. The second-order valence-electron chi connectivity index (χ2n) is 13.3. The molecule has 1 saturated carbocycles. The largest absolute Gasteiger partial charge is 0.411 e. The Kier molecular flexibility index (Phi) is 14.7. The number of anilines is 1. The molecule has 16 heteroatoms. The summed E-state index contributed by atoms with van der Waals surface area (Å²) in [4.78, 5) is 44.5. The minimum absolute atomic E-state index is 0.0328. The first-order chi connectivity index (χ1) is 24.8. The van der Waals surface area contributed by atoms with E-state index < -0.39 is 40.1 Å². The van der Waals surface area contributed by atoms with Gasteiger partial charge in [0.15, 0.2) is 5.13 Å². The normalized spacial score (nSPS) is 15.7. The van der Waals surface area contributed by atoms with Crippen LogP contribution in [0.4, 0.5) is 9.93 Å². The first kappa shape index (κ1) is 40.4. The SMILES string of the molecule is CC[C@H](C)[C@H](NC(=O)N(C)Cc1csc(NC(C)=O)n1)C(=O)N[C@@H](Cc1ccccc1)[C@H](O)CN(CC1CCC1)S(=O)(=O)c1ccc(/C=N/O)cc1. The van der Waals surface area contributed by atoms with Crippen LogP contribution in [-0.2, 0) is 32.6 Å². The van der Waals surface area contributed by atoms with Gasteiger partial charge in [0, 0.05) is 32.4 Å². The summed E-state index contributed by atoms with van der Waals surface area (Å²) in [5.74, 6) is -0.898. The van der Waals surface area contributed by atoms with Crippen molar-refractivity contribution in [2.75, 3.05) is 25.5 Å². The lowest BCUT2D eigenvalue weighted by molar-refractivity contribution is -0.125. The van der Waals surface area contributed by atoms with E-state index >= 15 is 0 Å². The second-order valence-corrected chi connectivity index (χ2v) is 16.1. The van der Waals surface area contributed by atoms with Gasteiger partial charge in [-0.2, -0.15) is 4.31 Å². The number of sulfonamides is 1. The third-order valence-corrected chi connectivity index (χ3v) is 11.9. The van der Waals surface area contributed by atoms with E-state index in [4.69, 9.17) is 5.21 Å². The standard InChI is InChI=1S/C36H49N7O7S2/c1-5-24(2)33(41-36(47)42(4)21-29-23-51-35(39-29)38-25(3)44)34(46)40-31(18-26-10-7-6-8-11-26)32(45)22-43(20-28-12-9-13-28)52(49,50)30-16-14-27(15-17-30)19-37-48/h6-8,10-11,14-17,19,23-24,28,31-33,45,48H,5,9,12-13,18,20-22H2,1-4H3,(H,40,46)(H,41,47)(H,38,39,44)/b37-19+/t24-,31-,32+,33-/m0/s1. The van der Waals surface area contributed by atoms with Crippen molar-refractivity contribution in [2.45, 2.75) is 82.5 Å². The van der Waals surface area contributed by atoms with E-state index in [-0.39, 0.29) is 48.7 Å². The minimum atomic E-state index is -4.06. The van der Waals surface area contributed by atoms with Gasteiger partial charge in [-0.05, 0) is 54.4 Å². The second kappa shape index (κ2) is 18.9. The molecule has 0 bridgehead atoms. The van der Waals surface area contributed by atoms with E-state index in [2.05, 4.69) is 26.1 Å². The van der Waals surface area contributed by atoms with Gasteiger partial charge in [-0.25, -0.2) is 18.2 Å². The molecular formula is C36H49N7O7S2.